The Bertz CT molecular complexity index is 1090. The van der Waals surface area contributed by atoms with Gasteiger partial charge in [0.25, 0.3) is 0 Å². The molecule has 0 amide bonds. The zero-order valence-corrected chi connectivity index (χ0v) is 24.5. The fraction of sp³-hybridized carbons (Fsp3) is 0.471. The summed E-state index contributed by atoms with van der Waals surface area (Å²) in [6, 6.07) is 23.3. The molecule has 39 heavy (non-hydrogen) atoms. The Morgan fingerprint density at radius 1 is 0.641 bits per heavy atom. The van der Waals surface area contributed by atoms with Gasteiger partial charge in [-0.1, -0.05) is 61.4 Å². The van der Waals surface area contributed by atoms with Crippen LogP contribution >= 0.6 is 0 Å². The van der Waals surface area contributed by atoms with E-state index >= 15 is 0 Å². The molecule has 0 fully saturated rings. The summed E-state index contributed by atoms with van der Waals surface area (Å²) in [5.74, 6) is 2.54. The molecule has 0 saturated heterocycles. The summed E-state index contributed by atoms with van der Waals surface area (Å²) < 4.78 is 16.8. The highest BCUT2D eigenvalue weighted by atomic mass is 16.5. The van der Waals surface area contributed by atoms with E-state index in [4.69, 9.17) is 14.2 Å². The van der Waals surface area contributed by atoms with Crippen molar-refractivity contribution in [2.45, 2.75) is 51.4 Å². The summed E-state index contributed by atoms with van der Waals surface area (Å²) in [6.07, 6.45) is 8.98. The average Bonchev–Trinajstić information content (AvgIpc) is 2.98. The van der Waals surface area contributed by atoms with Crippen molar-refractivity contribution < 1.29 is 14.2 Å². The van der Waals surface area contributed by atoms with Crippen LogP contribution in [0.2, 0.25) is 0 Å². The van der Waals surface area contributed by atoms with Gasteiger partial charge in [0.15, 0.2) is 11.5 Å². The van der Waals surface area contributed by atoms with Gasteiger partial charge in [-0.15, -0.1) is 0 Å². The van der Waals surface area contributed by atoms with E-state index in [2.05, 4.69) is 65.8 Å². The fourth-order valence-electron chi connectivity index (χ4n) is 5.05. The molecule has 0 radical (unpaired) electrons. The van der Waals surface area contributed by atoms with E-state index in [9.17, 15) is 0 Å². The van der Waals surface area contributed by atoms with Gasteiger partial charge in [-0.3, -0.25) is 0 Å². The van der Waals surface area contributed by atoms with Crippen LogP contribution in [0.25, 0.3) is 0 Å². The second-order valence-corrected chi connectivity index (χ2v) is 10.2. The molecule has 0 bridgehead atoms. The van der Waals surface area contributed by atoms with Crippen LogP contribution in [0, 0.1) is 0 Å². The molecule has 212 valence electrons. The van der Waals surface area contributed by atoms with Crippen LogP contribution in [-0.2, 0) is 25.7 Å². The molecule has 0 aromatic heterocycles. The third kappa shape index (κ3) is 10.6. The molecule has 0 aliphatic rings. The minimum absolute atomic E-state index is 0.792. The van der Waals surface area contributed by atoms with Crippen LogP contribution in [0.3, 0.4) is 0 Å². The number of nitrogens with one attached hydrogen (secondary N) is 1. The van der Waals surface area contributed by atoms with E-state index in [1.807, 2.05) is 18.2 Å². The molecule has 3 aromatic rings. The van der Waals surface area contributed by atoms with Crippen LogP contribution in [0.1, 0.15) is 47.9 Å². The van der Waals surface area contributed by atoms with Gasteiger partial charge in [0.2, 0.25) is 0 Å². The Kier molecular flexibility index (Phi) is 13.7. The lowest BCUT2D eigenvalue weighted by Crippen LogP contribution is -2.22. The van der Waals surface area contributed by atoms with E-state index < -0.39 is 0 Å². The zero-order chi connectivity index (χ0) is 27.7. The number of ether oxygens (including phenoxy) is 3. The zero-order valence-electron chi connectivity index (χ0n) is 24.5. The molecule has 3 rings (SSSR count). The maximum atomic E-state index is 5.80. The molecule has 1 N–H and O–H groups in total. The first kappa shape index (κ1) is 30.5. The summed E-state index contributed by atoms with van der Waals surface area (Å²) in [7, 11) is 7.38. The number of benzene rings is 3. The molecule has 5 nitrogen and oxygen atoms in total. The third-order valence-corrected chi connectivity index (χ3v) is 7.38. The van der Waals surface area contributed by atoms with Gasteiger partial charge < -0.3 is 24.4 Å². The average molecular weight is 533 g/mol. The van der Waals surface area contributed by atoms with Gasteiger partial charge in [0.05, 0.1) is 21.3 Å². The Hall–Kier alpha value is -3.02. The standard InChI is InChI=1S/C34H48N2O3/c1-36(26-22-28-13-8-7-9-14-28)25-11-6-5-10-23-35-24-21-30-18-20-33(38-3)34(39-4)32(30)19-17-29-15-12-16-31(27-29)37-2/h7-9,12-16,18,20,27,35H,5-6,10-11,17,19,21-26H2,1-4H3. The SMILES string of the molecule is COc1cccc(CCc2c(CCNCCCCCCN(C)CCc3ccccc3)ccc(OC)c2OC)c1. The monoisotopic (exact) mass is 532 g/mol. The maximum absolute atomic E-state index is 5.80. The van der Waals surface area contributed by atoms with Gasteiger partial charge >= 0.3 is 0 Å². The second kappa shape index (κ2) is 17.5. The molecule has 0 aliphatic carbocycles. The Balaban J connectivity index is 1.36. The highest BCUT2D eigenvalue weighted by molar-refractivity contribution is 5.51. The largest absolute Gasteiger partial charge is 0.497 e. The molecule has 0 unspecified atom stereocenters. The summed E-state index contributed by atoms with van der Waals surface area (Å²) >= 11 is 0. The second-order valence-electron chi connectivity index (χ2n) is 10.2. The number of likely N-dealkylation sites (N-methyl/N-ethyl adjacent to an activating group) is 1. The molecular formula is C34H48N2O3. The van der Waals surface area contributed by atoms with Crippen molar-refractivity contribution in [3.8, 4) is 17.2 Å². The maximum Gasteiger partial charge on any atom is 0.164 e. The number of rotatable bonds is 19. The Labute approximate surface area is 236 Å². The summed E-state index contributed by atoms with van der Waals surface area (Å²) in [4.78, 5) is 2.46. The van der Waals surface area contributed by atoms with Crippen molar-refractivity contribution in [3.63, 3.8) is 0 Å². The topological polar surface area (TPSA) is 43.0 Å². The van der Waals surface area contributed by atoms with Crippen molar-refractivity contribution in [1.29, 1.82) is 0 Å². The molecule has 0 aliphatic heterocycles. The minimum Gasteiger partial charge on any atom is -0.497 e. The Morgan fingerprint density at radius 3 is 2.21 bits per heavy atom. The third-order valence-electron chi connectivity index (χ3n) is 7.38. The first-order valence-electron chi connectivity index (χ1n) is 14.4. The van der Waals surface area contributed by atoms with Gasteiger partial charge in [-0.25, -0.2) is 0 Å². The summed E-state index contributed by atoms with van der Waals surface area (Å²) in [5.41, 5.74) is 5.23. The first-order valence-corrected chi connectivity index (χ1v) is 14.4. The highest BCUT2D eigenvalue weighted by Crippen LogP contribution is 2.34. The number of hydrogen-bond acceptors (Lipinski definition) is 5. The fourth-order valence-corrected chi connectivity index (χ4v) is 5.05. The predicted molar refractivity (Wildman–Crippen MR) is 163 cm³/mol. The number of aryl methyl sites for hydroxylation is 1. The summed E-state index contributed by atoms with van der Waals surface area (Å²) in [5, 5.41) is 3.66. The van der Waals surface area contributed by atoms with Crippen LogP contribution in [0.5, 0.6) is 17.2 Å². The van der Waals surface area contributed by atoms with Crippen molar-refractivity contribution in [2.24, 2.45) is 0 Å². The number of hydrogen-bond donors (Lipinski definition) is 1. The van der Waals surface area contributed by atoms with Crippen molar-refractivity contribution in [2.75, 3.05) is 54.6 Å². The molecule has 0 saturated carbocycles. The van der Waals surface area contributed by atoms with Crippen LogP contribution in [0.4, 0.5) is 0 Å². The quantitative estimate of drug-likeness (QED) is 0.182. The van der Waals surface area contributed by atoms with E-state index in [-0.39, 0.29) is 0 Å². The smallest absolute Gasteiger partial charge is 0.164 e. The van der Waals surface area contributed by atoms with Gasteiger partial charge in [-0.2, -0.15) is 0 Å². The Morgan fingerprint density at radius 2 is 1.44 bits per heavy atom. The molecule has 0 spiro atoms. The van der Waals surface area contributed by atoms with Crippen LogP contribution in [-0.4, -0.2) is 59.5 Å². The van der Waals surface area contributed by atoms with E-state index in [0.717, 1.165) is 62.6 Å². The number of methoxy groups -OCH3 is 3. The van der Waals surface area contributed by atoms with Gasteiger partial charge in [0, 0.05) is 12.1 Å². The number of nitrogens with zero attached hydrogens (tertiary/aromatic N) is 1. The van der Waals surface area contributed by atoms with Crippen LogP contribution < -0.4 is 19.5 Å². The van der Waals surface area contributed by atoms with Crippen molar-refractivity contribution >= 4 is 0 Å². The molecule has 0 heterocycles. The van der Waals surface area contributed by atoms with Gasteiger partial charge in [0.1, 0.15) is 5.75 Å². The molecule has 5 heteroatoms. The van der Waals surface area contributed by atoms with Crippen molar-refractivity contribution in [3.05, 3.63) is 89.0 Å². The van der Waals surface area contributed by atoms with Crippen LogP contribution in [0.15, 0.2) is 66.7 Å². The van der Waals surface area contributed by atoms with E-state index in [1.165, 1.54) is 54.5 Å². The highest BCUT2D eigenvalue weighted by Gasteiger charge is 2.15. The first-order chi connectivity index (χ1) is 19.1. The molecular weight excluding hydrogens is 484 g/mol. The minimum atomic E-state index is 0.792. The molecule has 0 atom stereocenters. The van der Waals surface area contributed by atoms with E-state index in [0.29, 0.717) is 0 Å². The molecule has 3 aromatic carbocycles. The predicted octanol–water partition coefficient (Wildman–Crippen LogP) is 6.36. The lowest BCUT2D eigenvalue weighted by Gasteiger charge is -2.18. The lowest BCUT2D eigenvalue weighted by atomic mass is 9.96. The summed E-state index contributed by atoms with van der Waals surface area (Å²) in [6.45, 7) is 4.33. The lowest BCUT2D eigenvalue weighted by molar-refractivity contribution is 0.327. The normalized spacial score (nSPS) is 11.1. The number of unbranched alkanes of at least 4 members (excludes halogenated alkanes) is 3. The van der Waals surface area contributed by atoms with Gasteiger partial charge in [-0.05, 0) is 100 Å². The van der Waals surface area contributed by atoms with E-state index in [1.54, 1.807) is 21.3 Å². The van der Waals surface area contributed by atoms with Crippen molar-refractivity contribution in [1.82, 2.24) is 10.2 Å².